The van der Waals surface area contributed by atoms with Crippen molar-refractivity contribution >= 4 is 11.8 Å². The van der Waals surface area contributed by atoms with Gasteiger partial charge in [0.2, 0.25) is 11.3 Å². The first kappa shape index (κ1) is 20.5. The average Bonchev–Trinajstić information content (AvgIpc) is 2.76. The molecule has 1 N–H and O–H groups in total. The van der Waals surface area contributed by atoms with Crippen molar-refractivity contribution in [1.82, 2.24) is 9.55 Å². The zero-order chi connectivity index (χ0) is 22.1. The molecule has 0 amide bonds. The Labute approximate surface area is 176 Å². The molecule has 0 saturated heterocycles. The van der Waals surface area contributed by atoms with E-state index in [2.05, 4.69) is 4.98 Å². The summed E-state index contributed by atoms with van der Waals surface area (Å²) in [5.41, 5.74) is 0.277. The second-order valence-corrected chi connectivity index (χ2v) is 7.11. The van der Waals surface area contributed by atoms with Crippen molar-refractivity contribution in [2.45, 2.75) is 19.4 Å². The Bertz CT molecular complexity index is 1260. The first-order valence-electron chi connectivity index (χ1n) is 9.53. The molecule has 0 spiro atoms. The summed E-state index contributed by atoms with van der Waals surface area (Å²) in [7, 11) is 1.50. The fraction of sp³-hybridized carbons (Fsp3) is 0.174. The van der Waals surface area contributed by atoms with Gasteiger partial charge in [-0.2, -0.15) is 0 Å². The summed E-state index contributed by atoms with van der Waals surface area (Å²) in [6, 6.07) is 8.08. The highest BCUT2D eigenvalue weighted by Gasteiger charge is 2.24. The lowest BCUT2D eigenvalue weighted by atomic mass is 9.98. The highest BCUT2D eigenvalue weighted by atomic mass is 19.1. The van der Waals surface area contributed by atoms with Crippen molar-refractivity contribution in [3.05, 3.63) is 87.2 Å². The molecule has 0 atom stereocenters. The summed E-state index contributed by atoms with van der Waals surface area (Å²) < 4.78 is 35.7. The largest absolute Gasteiger partial charge is 0.481 e. The minimum atomic E-state index is -1.46. The van der Waals surface area contributed by atoms with Gasteiger partial charge in [-0.15, -0.1) is 0 Å². The molecule has 0 radical (unpaired) electrons. The summed E-state index contributed by atoms with van der Waals surface area (Å²) in [6.07, 6.45) is 4.71. The number of fused-ring (bicyclic) bond motifs is 1. The lowest BCUT2D eigenvalue weighted by Gasteiger charge is -2.20. The molecule has 158 valence electrons. The molecule has 6 nitrogen and oxygen atoms in total. The van der Waals surface area contributed by atoms with E-state index in [1.807, 2.05) is 0 Å². The lowest BCUT2D eigenvalue weighted by Crippen LogP contribution is -2.26. The number of allylic oxidation sites excluding steroid dienone is 1. The van der Waals surface area contributed by atoms with Crippen LogP contribution in [0, 0.1) is 5.82 Å². The topological polar surface area (TPSA) is 81.4 Å². The maximum Gasteiger partial charge on any atom is 0.341 e. The molecule has 3 aromatic rings. The first-order chi connectivity index (χ1) is 14.9. The minimum Gasteiger partial charge on any atom is -0.481 e. The van der Waals surface area contributed by atoms with E-state index < -0.39 is 28.6 Å². The second kappa shape index (κ2) is 8.14. The van der Waals surface area contributed by atoms with E-state index in [0.29, 0.717) is 35.5 Å². The van der Waals surface area contributed by atoms with Crippen LogP contribution in [0.25, 0.3) is 17.0 Å². The number of hydrogen-bond donors (Lipinski definition) is 1. The maximum absolute atomic E-state index is 14.9. The van der Waals surface area contributed by atoms with Crippen molar-refractivity contribution in [3.8, 4) is 17.0 Å². The third kappa shape index (κ3) is 3.84. The highest BCUT2D eigenvalue weighted by molar-refractivity contribution is 5.88. The summed E-state index contributed by atoms with van der Waals surface area (Å²) in [4.78, 5) is 28.0. The highest BCUT2D eigenvalue weighted by Crippen LogP contribution is 2.27. The third-order valence-corrected chi connectivity index (χ3v) is 5.24. The number of benzene rings is 1. The number of hydrogen-bond acceptors (Lipinski definition) is 4. The van der Waals surface area contributed by atoms with E-state index in [0.717, 1.165) is 6.20 Å². The van der Waals surface area contributed by atoms with Gasteiger partial charge in [-0.1, -0.05) is 12.1 Å². The molecule has 31 heavy (non-hydrogen) atoms. The summed E-state index contributed by atoms with van der Waals surface area (Å²) in [5.74, 6) is -2.27. The summed E-state index contributed by atoms with van der Waals surface area (Å²) in [6.45, 7) is -0.0385. The molecule has 1 aliphatic carbocycles. The smallest absolute Gasteiger partial charge is 0.341 e. The van der Waals surface area contributed by atoms with Crippen molar-refractivity contribution in [3.63, 3.8) is 0 Å². The Hall–Kier alpha value is -3.81. The SMILES string of the molecule is COc1ccc(-c2ccc(Cn3cc(C(=O)O)c(=O)c4c3CCC=C4F)c(F)c2)cn1. The van der Waals surface area contributed by atoms with Crippen LogP contribution in [0.4, 0.5) is 8.78 Å². The second-order valence-electron chi connectivity index (χ2n) is 7.11. The molecule has 0 aliphatic heterocycles. The average molecular weight is 424 g/mol. The van der Waals surface area contributed by atoms with Crippen LogP contribution in [-0.4, -0.2) is 27.7 Å². The number of pyridine rings is 2. The molecule has 1 aliphatic rings. The molecule has 4 rings (SSSR count). The van der Waals surface area contributed by atoms with Gasteiger partial charge in [0.15, 0.2) is 0 Å². The van der Waals surface area contributed by atoms with Crippen molar-refractivity contribution in [2.24, 2.45) is 0 Å². The Morgan fingerprint density at radius 3 is 2.65 bits per heavy atom. The fourth-order valence-corrected chi connectivity index (χ4v) is 3.66. The number of carboxylic acids is 1. The quantitative estimate of drug-likeness (QED) is 0.668. The number of rotatable bonds is 5. The third-order valence-electron chi connectivity index (χ3n) is 5.24. The van der Waals surface area contributed by atoms with Crippen molar-refractivity contribution in [1.29, 1.82) is 0 Å². The molecule has 0 fully saturated rings. The number of methoxy groups -OCH3 is 1. The van der Waals surface area contributed by atoms with Crippen LogP contribution in [0.5, 0.6) is 5.88 Å². The molecule has 0 bridgehead atoms. The number of halogens is 2. The lowest BCUT2D eigenvalue weighted by molar-refractivity contribution is 0.0694. The van der Waals surface area contributed by atoms with Gasteiger partial charge in [0.1, 0.15) is 17.2 Å². The van der Waals surface area contributed by atoms with Crippen LogP contribution in [0.2, 0.25) is 0 Å². The standard InChI is InChI=1S/C23H18F2N2O4/c1-31-20-8-7-14(10-26-20)13-5-6-15(18(25)9-13)11-27-12-16(23(29)30)22(28)21-17(24)3-2-4-19(21)27/h3,5-10,12H,2,4,11H2,1H3,(H,29,30). The maximum atomic E-state index is 14.9. The van der Waals surface area contributed by atoms with E-state index >= 15 is 0 Å². The summed E-state index contributed by atoms with van der Waals surface area (Å²) >= 11 is 0. The zero-order valence-corrected chi connectivity index (χ0v) is 16.6. The monoisotopic (exact) mass is 424 g/mol. The van der Waals surface area contributed by atoms with Crippen LogP contribution < -0.4 is 10.2 Å². The predicted octanol–water partition coefficient (Wildman–Crippen LogP) is 4.06. The number of aromatic carboxylic acids is 1. The van der Waals surface area contributed by atoms with Crippen molar-refractivity contribution < 1.29 is 23.4 Å². The van der Waals surface area contributed by atoms with E-state index in [1.54, 1.807) is 30.5 Å². The number of aromatic nitrogens is 2. The van der Waals surface area contributed by atoms with E-state index in [1.165, 1.54) is 23.8 Å². The van der Waals surface area contributed by atoms with Gasteiger partial charge < -0.3 is 14.4 Å². The van der Waals surface area contributed by atoms with Gasteiger partial charge in [-0.05, 0) is 36.6 Å². The van der Waals surface area contributed by atoms with Crippen LogP contribution in [0.1, 0.15) is 33.6 Å². The Morgan fingerprint density at radius 2 is 2.00 bits per heavy atom. The van der Waals surface area contributed by atoms with Crippen LogP contribution >= 0.6 is 0 Å². The van der Waals surface area contributed by atoms with Gasteiger partial charge in [-0.25, -0.2) is 18.6 Å². The zero-order valence-electron chi connectivity index (χ0n) is 16.6. The molecule has 8 heteroatoms. The molecule has 2 heterocycles. The Kier molecular flexibility index (Phi) is 5.37. The summed E-state index contributed by atoms with van der Waals surface area (Å²) in [5, 5.41) is 9.35. The van der Waals surface area contributed by atoms with Gasteiger partial charge >= 0.3 is 5.97 Å². The molecule has 0 saturated carbocycles. The van der Waals surface area contributed by atoms with Crippen LogP contribution in [0.3, 0.4) is 0 Å². The normalized spacial score (nSPS) is 12.8. The van der Waals surface area contributed by atoms with E-state index in [9.17, 15) is 23.5 Å². The van der Waals surface area contributed by atoms with Gasteiger partial charge in [-0.3, -0.25) is 4.79 Å². The van der Waals surface area contributed by atoms with Crippen LogP contribution in [-0.2, 0) is 13.0 Å². The predicted molar refractivity (Wildman–Crippen MR) is 110 cm³/mol. The molecule has 0 unspecified atom stereocenters. The van der Waals surface area contributed by atoms with Gasteiger partial charge in [0, 0.05) is 35.3 Å². The van der Waals surface area contributed by atoms with Crippen molar-refractivity contribution in [2.75, 3.05) is 7.11 Å². The molecular weight excluding hydrogens is 406 g/mol. The number of carboxylic acid groups (broad SMARTS) is 1. The van der Waals surface area contributed by atoms with Gasteiger partial charge in [0.25, 0.3) is 0 Å². The first-order valence-corrected chi connectivity index (χ1v) is 9.53. The number of nitrogens with zero attached hydrogens (tertiary/aromatic N) is 2. The Morgan fingerprint density at radius 1 is 1.23 bits per heavy atom. The fourth-order valence-electron chi connectivity index (χ4n) is 3.66. The van der Waals surface area contributed by atoms with E-state index in [-0.39, 0.29) is 17.7 Å². The molecule has 1 aromatic carbocycles. The van der Waals surface area contributed by atoms with E-state index in [4.69, 9.17) is 4.74 Å². The molecular formula is C23H18F2N2O4. The number of ether oxygens (including phenoxy) is 1. The number of carbonyl (C=O) groups is 1. The minimum absolute atomic E-state index is 0.0385. The Balaban J connectivity index is 1.73. The van der Waals surface area contributed by atoms with Gasteiger partial charge in [0.05, 0.1) is 19.2 Å². The molecule has 2 aromatic heterocycles. The van der Waals surface area contributed by atoms with Crippen LogP contribution in [0.15, 0.2) is 53.6 Å².